The molecule has 0 fully saturated rings. The number of fused-ring (bicyclic) bond motifs is 1. The van der Waals surface area contributed by atoms with Gasteiger partial charge in [0.2, 0.25) is 0 Å². The average Bonchev–Trinajstić information content (AvgIpc) is 2.26. The van der Waals surface area contributed by atoms with Gasteiger partial charge in [-0.2, -0.15) is 0 Å². The molecule has 0 amide bonds. The van der Waals surface area contributed by atoms with Crippen LogP contribution in [0.1, 0.15) is 59.4 Å². The molecule has 0 N–H and O–H groups in total. The molecule has 1 aromatic rings. The summed E-state index contributed by atoms with van der Waals surface area (Å²) in [5, 5.41) is 0. The van der Waals surface area contributed by atoms with E-state index in [9.17, 15) is 0 Å². The minimum Gasteiger partial charge on any atom is -0.371 e. The van der Waals surface area contributed by atoms with Crippen molar-refractivity contribution < 1.29 is 0 Å². The van der Waals surface area contributed by atoms with Gasteiger partial charge in [-0.1, -0.05) is 59.7 Å². The molecule has 1 aliphatic rings. The maximum absolute atomic E-state index is 2.50. The summed E-state index contributed by atoms with van der Waals surface area (Å²) in [4.78, 5) is 2.50. The third-order valence-corrected chi connectivity index (χ3v) is 4.66. The molecule has 0 aliphatic carbocycles. The third-order valence-electron chi connectivity index (χ3n) is 4.66. The zero-order valence-corrected chi connectivity index (χ0v) is 13.6. The van der Waals surface area contributed by atoms with E-state index in [1.807, 2.05) is 0 Å². The number of hydrogen-bond acceptors (Lipinski definition) is 1. The second kappa shape index (κ2) is 4.54. The SMILES string of the molecule is CN1c2ccccc2[C@H](C(C)(C)C)C[C@@H]1C(C)(C)C. The molecule has 0 radical (unpaired) electrons. The van der Waals surface area contributed by atoms with Crippen molar-refractivity contribution in [1.82, 2.24) is 0 Å². The molecule has 0 saturated carbocycles. The lowest BCUT2D eigenvalue weighted by molar-refractivity contribution is 0.213. The number of benzene rings is 1. The first-order valence-corrected chi connectivity index (χ1v) is 7.44. The maximum atomic E-state index is 2.50. The van der Waals surface area contributed by atoms with Crippen molar-refractivity contribution in [2.75, 3.05) is 11.9 Å². The predicted molar refractivity (Wildman–Crippen MR) is 84.9 cm³/mol. The van der Waals surface area contributed by atoms with Gasteiger partial charge in [-0.25, -0.2) is 0 Å². The summed E-state index contributed by atoms with van der Waals surface area (Å²) in [6.07, 6.45) is 1.25. The summed E-state index contributed by atoms with van der Waals surface area (Å²) in [6.45, 7) is 14.2. The Hall–Kier alpha value is -0.980. The van der Waals surface area contributed by atoms with Crippen molar-refractivity contribution in [3.63, 3.8) is 0 Å². The lowest BCUT2D eigenvalue weighted by atomic mass is 9.67. The van der Waals surface area contributed by atoms with Crippen molar-refractivity contribution in [2.24, 2.45) is 10.8 Å². The monoisotopic (exact) mass is 259 g/mol. The Morgan fingerprint density at radius 3 is 2.05 bits per heavy atom. The molecule has 1 heterocycles. The first kappa shape index (κ1) is 14.4. The molecule has 1 nitrogen and oxygen atoms in total. The minimum absolute atomic E-state index is 0.311. The van der Waals surface area contributed by atoms with E-state index in [0.717, 1.165) is 0 Å². The van der Waals surface area contributed by atoms with Crippen molar-refractivity contribution >= 4 is 5.69 Å². The normalized spacial score (nSPS) is 24.3. The van der Waals surface area contributed by atoms with Crippen molar-refractivity contribution in [2.45, 2.75) is 59.9 Å². The summed E-state index contributed by atoms with van der Waals surface area (Å²) in [7, 11) is 2.26. The average molecular weight is 259 g/mol. The maximum Gasteiger partial charge on any atom is 0.0401 e. The van der Waals surface area contributed by atoms with E-state index >= 15 is 0 Å². The summed E-state index contributed by atoms with van der Waals surface area (Å²) in [6, 6.07) is 9.56. The van der Waals surface area contributed by atoms with E-state index in [1.54, 1.807) is 0 Å². The lowest BCUT2D eigenvalue weighted by Gasteiger charge is -2.49. The van der Waals surface area contributed by atoms with Crippen LogP contribution in [0, 0.1) is 10.8 Å². The predicted octanol–water partition coefficient (Wildman–Crippen LogP) is 5.07. The van der Waals surface area contributed by atoms with E-state index in [4.69, 9.17) is 0 Å². The van der Waals surface area contributed by atoms with Gasteiger partial charge in [-0.05, 0) is 34.8 Å². The van der Waals surface area contributed by atoms with Crippen LogP contribution in [0.4, 0.5) is 5.69 Å². The molecule has 1 aliphatic heterocycles. The fraction of sp³-hybridized carbons (Fsp3) is 0.667. The zero-order chi connectivity index (χ0) is 14.4. The van der Waals surface area contributed by atoms with E-state index in [0.29, 0.717) is 22.8 Å². The van der Waals surface area contributed by atoms with Crippen LogP contribution >= 0.6 is 0 Å². The summed E-state index contributed by atoms with van der Waals surface area (Å²) < 4.78 is 0. The van der Waals surface area contributed by atoms with Crippen LogP contribution < -0.4 is 4.90 Å². The molecule has 0 unspecified atom stereocenters. The Morgan fingerprint density at radius 1 is 0.947 bits per heavy atom. The molecule has 106 valence electrons. The van der Waals surface area contributed by atoms with Gasteiger partial charge >= 0.3 is 0 Å². The molecule has 0 spiro atoms. The summed E-state index contributed by atoms with van der Waals surface area (Å²) in [5.74, 6) is 0.643. The summed E-state index contributed by atoms with van der Waals surface area (Å²) in [5.41, 5.74) is 3.58. The van der Waals surface area contributed by atoms with E-state index in [1.165, 1.54) is 17.7 Å². The number of rotatable bonds is 0. The largest absolute Gasteiger partial charge is 0.371 e. The number of anilines is 1. The molecule has 19 heavy (non-hydrogen) atoms. The highest BCUT2D eigenvalue weighted by Crippen LogP contribution is 2.49. The van der Waals surface area contributed by atoms with Crippen LogP contribution in [-0.4, -0.2) is 13.1 Å². The lowest BCUT2D eigenvalue weighted by Crippen LogP contribution is -2.47. The molecular formula is C18H29N. The van der Waals surface area contributed by atoms with Gasteiger partial charge in [0, 0.05) is 18.8 Å². The van der Waals surface area contributed by atoms with Gasteiger partial charge in [-0.3, -0.25) is 0 Å². The second-order valence-electron chi connectivity index (χ2n) is 8.21. The molecule has 0 saturated heterocycles. The second-order valence-corrected chi connectivity index (χ2v) is 8.21. The summed E-state index contributed by atoms with van der Waals surface area (Å²) >= 11 is 0. The minimum atomic E-state index is 0.311. The highest BCUT2D eigenvalue weighted by Gasteiger charge is 2.40. The first-order valence-electron chi connectivity index (χ1n) is 7.44. The molecular weight excluding hydrogens is 230 g/mol. The first-order chi connectivity index (χ1) is 8.62. The Kier molecular flexibility index (Phi) is 3.45. The quantitative estimate of drug-likeness (QED) is 0.628. The molecule has 0 aromatic heterocycles. The van der Waals surface area contributed by atoms with E-state index in [2.05, 4.69) is 77.8 Å². The van der Waals surface area contributed by atoms with Crippen LogP contribution in [0.3, 0.4) is 0 Å². The van der Waals surface area contributed by atoms with Gasteiger partial charge in [0.25, 0.3) is 0 Å². The molecule has 1 aromatic carbocycles. The number of nitrogens with zero attached hydrogens (tertiary/aromatic N) is 1. The molecule has 0 bridgehead atoms. The number of para-hydroxylation sites is 1. The van der Waals surface area contributed by atoms with Gasteiger partial charge in [-0.15, -0.1) is 0 Å². The molecule has 2 atom stereocenters. The van der Waals surface area contributed by atoms with Crippen LogP contribution in [0.25, 0.3) is 0 Å². The van der Waals surface area contributed by atoms with Crippen LogP contribution in [0.5, 0.6) is 0 Å². The van der Waals surface area contributed by atoms with Gasteiger partial charge < -0.3 is 4.90 Å². The third kappa shape index (κ3) is 2.66. The van der Waals surface area contributed by atoms with Crippen LogP contribution in [-0.2, 0) is 0 Å². The topological polar surface area (TPSA) is 3.24 Å². The van der Waals surface area contributed by atoms with Crippen LogP contribution in [0.2, 0.25) is 0 Å². The van der Waals surface area contributed by atoms with E-state index < -0.39 is 0 Å². The molecule has 2 rings (SSSR count). The zero-order valence-electron chi connectivity index (χ0n) is 13.6. The highest BCUT2D eigenvalue weighted by atomic mass is 15.2. The van der Waals surface area contributed by atoms with Gasteiger partial charge in [0.1, 0.15) is 0 Å². The van der Waals surface area contributed by atoms with Gasteiger partial charge in [0.05, 0.1) is 0 Å². The highest BCUT2D eigenvalue weighted by molar-refractivity contribution is 5.58. The van der Waals surface area contributed by atoms with Crippen molar-refractivity contribution in [1.29, 1.82) is 0 Å². The smallest absolute Gasteiger partial charge is 0.0401 e. The molecule has 1 heteroatoms. The van der Waals surface area contributed by atoms with Crippen molar-refractivity contribution in [3.8, 4) is 0 Å². The number of hydrogen-bond donors (Lipinski definition) is 0. The Morgan fingerprint density at radius 2 is 1.53 bits per heavy atom. The standard InChI is InChI=1S/C18H29N/c1-17(2,3)14-12-16(18(4,5)6)19(7)15-11-9-8-10-13(14)15/h8-11,14,16H,12H2,1-7H3/t14-,16-/m1/s1. The fourth-order valence-electron chi connectivity index (χ4n) is 3.53. The Bertz CT molecular complexity index is 447. The van der Waals surface area contributed by atoms with E-state index in [-0.39, 0.29) is 0 Å². The fourth-order valence-corrected chi connectivity index (χ4v) is 3.53. The Labute approximate surface area is 119 Å². The Balaban J connectivity index is 2.52. The van der Waals surface area contributed by atoms with Gasteiger partial charge in [0.15, 0.2) is 0 Å². The van der Waals surface area contributed by atoms with Crippen LogP contribution in [0.15, 0.2) is 24.3 Å². The van der Waals surface area contributed by atoms with Crippen molar-refractivity contribution in [3.05, 3.63) is 29.8 Å².